The zero-order valence-corrected chi connectivity index (χ0v) is 13.8. The molecule has 1 heterocycles. The molecule has 1 N–H and O–H groups in total. The van der Waals surface area contributed by atoms with Gasteiger partial charge in [-0.05, 0) is 39.5 Å². The highest BCUT2D eigenvalue weighted by Gasteiger charge is 2.23. The second kappa shape index (κ2) is 8.22. The molecule has 1 atom stereocenters. The summed E-state index contributed by atoms with van der Waals surface area (Å²) in [7, 11) is 0. The van der Waals surface area contributed by atoms with Gasteiger partial charge in [-0.3, -0.25) is 4.79 Å². The number of thioether (sulfide) groups is 1. The maximum absolute atomic E-state index is 12.1. The summed E-state index contributed by atoms with van der Waals surface area (Å²) in [5.74, 6) is -0.676. The van der Waals surface area contributed by atoms with E-state index in [9.17, 15) is 9.59 Å². The van der Waals surface area contributed by atoms with Gasteiger partial charge in [0.2, 0.25) is 0 Å². The lowest BCUT2D eigenvalue weighted by atomic mass is 9.98. The van der Waals surface area contributed by atoms with Crippen molar-refractivity contribution in [1.29, 1.82) is 0 Å². The Morgan fingerprint density at radius 2 is 2.14 bits per heavy atom. The molecule has 1 aromatic rings. The standard InChI is InChI=1S/C15H22N2O4S/c1-3-20-14(19)12-9-16-15(17-12)22-10(2)13(18)21-11-7-5-4-6-8-11/h9-11H,3-8H2,1-2H3,(H,16,17). The van der Waals surface area contributed by atoms with Gasteiger partial charge in [0.1, 0.15) is 17.0 Å². The van der Waals surface area contributed by atoms with Gasteiger partial charge in [-0.25, -0.2) is 9.78 Å². The van der Waals surface area contributed by atoms with Crippen molar-refractivity contribution in [2.45, 2.75) is 62.5 Å². The highest BCUT2D eigenvalue weighted by atomic mass is 32.2. The maximum atomic E-state index is 12.1. The second-order valence-electron chi connectivity index (χ2n) is 5.28. The first-order valence-corrected chi connectivity index (χ1v) is 8.57. The zero-order chi connectivity index (χ0) is 15.9. The number of esters is 2. The van der Waals surface area contributed by atoms with Crippen LogP contribution in [0.3, 0.4) is 0 Å². The third kappa shape index (κ3) is 4.76. The number of ether oxygens (including phenoxy) is 2. The molecule has 6 nitrogen and oxygen atoms in total. The Bertz CT molecular complexity index is 511. The van der Waals surface area contributed by atoms with Crippen molar-refractivity contribution in [2.24, 2.45) is 0 Å². The molecular formula is C15H22N2O4S. The number of imidazole rings is 1. The Labute approximate surface area is 134 Å². The SMILES string of the molecule is CCOC(=O)c1cnc(SC(C)C(=O)OC2CCCCC2)[nH]1. The van der Waals surface area contributed by atoms with E-state index < -0.39 is 5.97 Å². The summed E-state index contributed by atoms with van der Waals surface area (Å²) in [5.41, 5.74) is 0.289. The molecule has 122 valence electrons. The summed E-state index contributed by atoms with van der Waals surface area (Å²) in [6, 6.07) is 0. The zero-order valence-electron chi connectivity index (χ0n) is 13.0. The van der Waals surface area contributed by atoms with Gasteiger partial charge in [0.25, 0.3) is 0 Å². The molecule has 2 rings (SSSR count). The summed E-state index contributed by atoms with van der Waals surface area (Å²) in [5, 5.41) is 0.138. The van der Waals surface area contributed by atoms with Gasteiger partial charge in [0.05, 0.1) is 12.8 Å². The van der Waals surface area contributed by atoms with Crippen molar-refractivity contribution in [2.75, 3.05) is 6.61 Å². The van der Waals surface area contributed by atoms with Crippen LogP contribution in [-0.2, 0) is 14.3 Å². The van der Waals surface area contributed by atoms with Crippen LogP contribution < -0.4 is 0 Å². The molecule has 0 aromatic carbocycles. The van der Waals surface area contributed by atoms with Crippen LogP contribution in [0.15, 0.2) is 11.4 Å². The number of aromatic nitrogens is 2. The average molecular weight is 326 g/mol. The van der Waals surface area contributed by atoms with Crippen molar-refractivity contribution in [3.05, 3.63) is 11.9 Å². The van der Waals surface area contributed by atoms with Crippen LogP contribution in [0.2, 0.25) is 0 Å². The molecule has 1 fully saturated rings. The van der Waals surface area contributed by atoms with Crippen LogP contribution in [0.1, 0.15) is 56.4 Å². The van der Waals surface area contributed by atoms with Gasteiger partial charge in [0.15, 0.2) is 5.16 Å². The molecule has 0 amide bonds. The van der Waals surface area contributed by atoms with Gasteiger partial charge in [-0.15, -0.1) is 0 Å². The van der Waals surface area contributed by atoms with Gasteiger partial charge in [-0.1, -0.05) is 18.2 Å². The predicted molar refractivity (Wildman–Crippen MR) is 82.8 cm³/mol. The molecule has 1 aliphatic rings. The van der Waals surface area contributed by atoms with Crippen LogP contribution in [0.4, 0.5) is 0 Å². The van der Waals surface area contributed by atoms with E-state index in [1.165, 1.54) is 24.4 Å². The number of hydrogen-bond acceptors (Lipinski definition) is 6. The minimum Gasteiger partial charge on any atom is -0.462 e. The van der Waals surface area contributed by atoms with Gasteiger partial charge >= 0.3 is 11.9 Å². The van der Waals surface area contributed by atoms with Crippen LogP contribution in [0.5, 0.6) is 0 Å². The minimum atomic E-state index is -0.445. The highest BCUT2D eigenvalue weighted by Crippen LogP contribution is 2.25. The van der Waals surface area contributed by atoms with E-state index >= 15 is 0 Å². The van der Waals surface area contributed by atoms with E-state index in [0.29, 0.717) is 11.8 Å². The number of aromatic amines is 1. The topological polar surface area (TPSA) is 81.3 Å². The maximum Gasteiger partial charge on any atom is 0.356 e. The molecule has 22 heavy (non-hydrogen) atoms. The number of H-pyrrole nitrogens is 1. The van der Waals surface area contributed by atoms with Gasteiger partial charge in [-0.2, -0.15) is 0 Å². The Hall–Kier alpha value is -1.50. The number of rotatable bonds is 6. The van der Waals surface area contributed by atoms with Crippen LogP contribution in [-0.4, -0.2) is 39.9 Å². The lowest BCUT2D eigenvalue weighted by Crippen LogP contribution is -2.26. The lowest BCUT2D eigenvalue weighted by molar-refractivity contribution is -0.149. The van der Waals surface area contributed by atoms with Crippen molar-refractivity contribution in [1.82, 2.24) is 9.97 Å². The van der Waals surface area contributed by atoms with Crippen molar-refractivity contribution in [3.8, 4) is 0 Å². The molecule has 0 radical (unpaired) electrons. The predicted octanol–water partition coefficient (Wildman–Crippen LogP) is 2.94. The van der Waals surface area contributed by atoms with Crippen molar-refractivity contribution < 1.29 is 19.1 Å². The Balaban J connectivity index is 1.84. The molecule has 0 saturated heterocycles. The third-order valence-electron chi connectivity index (χ3n) is 3.50. The largest absolute Gasteiger partial charge is 0.462 e. The van der Waals surface area contributed by atoms with Crippen molar-refractivity contribution in [3.63, 3.8) is 0 Å². The smallest absolute Gasteiger partial charge is 0.356 e. The van der Waals surface area contributed by atoms with Crippen LogP contribution in [0.25, 0.3) is 0 Å². The lowest BCUT2D eigenvalue weighted by Gasteiger charge is -2.23. The fraction of sp³-hybridized carbons (Fsp3) is 0.667. The summed E-state index contributed by atoms with van der Waals surface area (Å²) in [6.45, 7) is 3.83. The van der Waals surface area contributed by atoms with Crippen LogP contribution in [0, 0.1) is 0 Å². The first-order chi connectivity index (χ1) is 10.6. The molecule has 0 aliphatic heterocycles. The molecule has 0 bridgehead atoms. The third-order valence-corrected chi connectivity index (χ3v) is 4.48. The minimum absolute atomic E-state index is 0.0518. The van der Waals surface area contributed by atoms with E-state index in [-0.39, 0.29) is 23.0 Å². The van der Waals surface area contributed by atoms with E-state index in [2.05, 4.69) is 9.97 Å². The fourth-order valence-electron chi connectivity index (χ4n) is 2.33. The second-order valence-corrected chi connectivity index (χ2v) is 6.61. The Kier molecular flexibility index (Phi) is 6.30. The highest BCUT2D eigenvalue weighted by molar-refractivity contribution is 8.00. The molecule has 1 aliphatic carbocycles. The summed E-state index contributed by atoms with van der Waals surface area (Å²) in [4.78, 5) is 30.6. The summed E-state index contributed by atoms with van der Waals surface area (Å²) in [6.07, 6.45) is 6.85. The average Bonchev–Trinajstić information content (AvgIpc) is 2.97. The van der Waals surface area contributed by atoms with E-state index in [1.807, 2.05) is 0 Å². The Morgan fingerprint density at radius 1 is 1.41 bits per heavy atom. The number of hydrogen-bond donors (Lipinski definition) is 1. The quantitative estimate of drug-likeness (QED) is 0.639. The monoisotopic (exact) mass is 326 g/mol. The van der Waals surface area contributed by atoms with E-state index in [1.54, 1.807) is 13.8 Å². The number of nitrogens with one attached hydrogen (secondary N) is 1. The summed E-state index contributed by atoms with van der Waals surface area (Å²) < 4.78 is 10.4. The summed E-state index contributed by atoms with van der Waals surface area (Å²) >= 11 is 1.25. The van der Waals surface area contributed by atoms with Crippen LogP contribution >= 0.6 is 11.8 Å². The molecular weight excluding hydrogens is 304 g/mol. The van der Waals surface area contributed by atoms with Gasteiger partial charge in [0, 0.05) is 0 Å². The first kappa shape index (κ1) is 16.9. The van der Waals surface area contributed by atoms with E-state index in [4.69, 9.17) is 9.47 Å². The molecule has 0 spiro atoms. The van der Waals surface area contributed by atoms with E-state index in [0.717, 1.165) is 25.7 Å². The molecule has 1 unspecified atom stereocenters. The molecule has 7 heteroatoms. The number of nitrogens with zero attached hydrogens (tertiary/aromatic N) is 1. The van der Waals surface area contributed by atoms with Gasteiger partial charge < -0.3 is 14.5 Å². The normalized spacial score (nSPS) is 17.0. The number of carbonyl (C=O) groups is 2. The molecule has 1 aromatic heterocycles. The Morgan fingerprint density at radius 3 is 2.82 bits per heavy atom. The fourth-order valence-corrected chi connectivity index (χ4v) is 3.10. The molecule has 1 saturated carbocycles. The first-order valence-electron chi connectivity index (χ1n) is 7.69. The number of carbonyl (C=O) groups excluding carboxylic acids is 2. The van der Waals surface area contributed by atoms with Crippen molar-refractivity contribution >= 4 is 23.7 Å².